The lowest BCUT2D eigenvalue weighted by Gasteiger charge is -2.25. The number of aromatic nitrogens is 1. The molecule has 0 aliphatic carbocycles. The molecular weight excluding hydrogens is 238 g/mol. The third-order valence-electron chi connectivity index (χ3n) is 3.57. The highest BCUT2D eigenvalue weighted by Gasteiger charge is 2.18. The van der Waals surface area contributed by atoms with Crippen molar-refractivity contribution in [3.8, 4) is 0 Å². The Labute approximate surface area is 116 Å². The highest BCUT2D eigenvalue weighted by molar-refractivity contribution is 5.93. The minimum Gasteiger partial charge on any atom is -0.388 e. The number of nitrogens with zero attached hydrogens (tertiary/aromatic N) is 2. The molecule has 0 radical (unpaired) electrons. The van der Waals surface area contributed by atoms with Gasteiger partial charge in [-0.25, -0.2) is 0 Å². The molecular formula is C15H25N3O. The summed E-state index contributed by atoms with van der Waals surface area (Å²) in [6, 6.07) is 3.66. The van der Waals surface area contributed by atoms with Crippen molar-refractivity contribution in [2.45, 2.75) is 33.6 Å². The fourth-order valence-electron chi connectivity index (χ4n) is 2.08. The molecule has 0 unspecified atom stereocenters. The fraction of sp³-hybridized carbons (Fsp3) is 0.600. The molecule has 0 spiro atoms. The standard InChI is InChI=1S/C15H25N3O/c1-5-12(6-2)11-18(7-3)15(19)14-10-13(16-4)8-9-17-14/h8-10,12H,5-7,11H2,1-4H3,(H,16,17). The molecule has 0 saturated carbocycles. The summed E-state index contributed by atoms with van der Waals surface area (Å²) in [5, 5.41) is 3.03. The first kappa shape index (κ1) is 15.5. The summed E-state index contributed by atoms with van der Waals surface area (Å²) >= 11 is 0. The molecule has 1 aromatic heterocycles. The molecule has 0 fully saturated rings. The Bertz CT molecular complexity index is 402. The minimum atomic E-state index is 0.0199. The lowest BCUT2D eigenvalue weighted by molar-refractivity contribution is 0.0729. The molecule has 0 saturated heterocycles. The maximum absolute atomic E-state index is 12.4. The van der Waals surface area contributed by atoms with E-state index in [4.69, 9.17) is 0 Å². The third kappa shape index (κ3) is 4.23. The molecule has 4 nitrogen and oxygen atoms in total. The molecule has 1 rings (SSSR count). The Morgan fingerprint density at radius 3 is 2.58 bits per heavy atom. The second kappa shape index (κ2) is 7.77. The van der Waals surface area contributed by atoms with Gasteiger partial charge in [-0.1, -0.05) is 26.7 Å². The van der Waals surface area contributed by atoms with Gasteiger partial charge in [0.2, 0.25) is 0 Å². The van der Waals surface area contributed by atoms with Crippen molar-refractivity contribution in [2.75, 3.05) is 25.5 Å². The van der Waals surface area contributed by atoms with Crippen LogP contribution in [0.2, 0.25) is 0 Å². The van der Waals surface area contributed by atoms with Crippen LogP contribution in [0, 0.1) is 5.92 Å². The lowest BCUT2D eigenvalue weighted by Crippen LogP contribution is -2.35. The highest BCUT2D eigenvalue weighted by atomic mass is 16.2. The first-order valence-electron chi connectivity index (χ1n) is 7.09. The van der Waals surface area contributed by atoms with Gasteiger partial charge in [-0.3, -0.25) is 9.78 Å². The van der Waals surface area contributed by atoms with E-state index in [1.807, 2.05) is 24.9 Å². The molecule has 0 bridgehead atoms. The summed E-state index contributed by atoms with van der Waals surface area (Å²) in [5.74, 6) is 0.586. The Balaban J connectivity index is 2.82. The Hall–Kier alpha value is -1.58. The van der Waals surface area contributed by atoms with Gasteiger partial charge >= 0.3 is 0 Å². The Kier molecular flexibility index (Phi) is 6.33. The Morgan fingerprint density at radius 2 is 2.05 bits per heavy atom. The summed E-state index contributed by atoms with van der Waals surface area (Å²) in [6.45, 7) is 7.90. The predicted octanol–water partition coefficient (Wildman–Crippen LogP) is 3.02. The van der Waals surface area contributed by atoms with Crippen molar-refractivity contribution in [1.82, 2.24) is 9.88 Å². The maximum Gasteiger partial charge on any atom is 0.272 e. The van der Waals surface area contributed by atoms with Crippen molar-refractivity contribution in [2.24, 2.45) is 5.92 Å². The zero-order valence-corrected chi connectivity index (χ0v) is 12.4. The highest BCUT2D eigenvalue weighted by Crippen LogP contribution is 2.14. The van der Waals surface area contributed by atoms with E-state index in [-0.39, 0.29) is 5.91 Å². The van der Waals surface area contributed by atoms with E-state index in [0.717, 1.165) is 31.6 Å². The average molecular weight is 263 g/mol. The monoisotopic (exact) mass is 263 g/mol. The number of nitrogens with one attached hydrogen (secondary N) is 1. The van der Waals surface area contributed by atoms with Gasteiger partial charge < -0.3 is 10.2 Å². The molecule has 0 aliphatic rings. The van der Waals surface area contributed by atoms with Crippen LogP contribution in [-0.4, -0.2) is 35.9 Å². The van der Waals surface area contributed by atoms with E-state index in [9.17, 15) is 4.79 Å². The number of amides is 1. The first-order chi connectivity index (χ1) is 9.15. The number of pyridine rings is 1. The molecule has 0 aromatic carbocycles. The van der Waals surface area contributed by atoms with E-state index in [1.54, 1.807) is 12.3 Å². The molecule has 1 aromatic rings. The predicted molar refractivity (Wildman–Crippen MR) is 79.4 cm³/mol. The van der Waals surface area contributed by atoms with Gasteiger partial charge in [0.1, 0.15) is 5.69 Å². The molecule has 1 N–H and O–H groups in total. The summed E-state index contributed by atoms with van der Waals surface area (Å²) in [4.78, 5) is 18.5. The van der Waals surface area contributed by atoms with E-state index in [1.165, 1.54) is 0 Å². The zero-order chi connectivity index (χ0) is 14.3. The summed E-state index contributed by atoms with van der Waals surface area (Å²) in [7, 11) is 1.84. The van der Waals surface area contributed by atoms with Gasteiger partial charge in [0, 0.05) is 32.0 Å². The third-order valence-corrected chi connectivity index (χ3v) is 3.57. The van der Waals surface area contributed by atoms with Crippen LogP contribution in [-0.2, 0) is 0 Å². The average Bonchev–Trinajstić information content (AvgIpc) is 2.48. The van der Waals surface area contributed by atoms with Crippen LogP contribution in [0.3, 0.4) is 0 Å². The smallest absolute Gasteiger partial charge is 0.272 e. The second-order valence-electron chi connectivity index (χ2n) is 4.71. The largest absolute Gasteiger partial charge is 0.388 e. The van der Waals surface area contributed by atoms with Crippen LogP contribution in [0.5, 0.6) is 0 Å². The van der Waals surface area contributed by atoms with Gasteiger partial charge in [-0.05, 0) is 25.0 Å². The van der Waals surface area contributed by atoms with Gasteiger partial charge in [-0.15, -0.1) is 0 Å². The fourth-order valence-corrected chi connectivity index (χ4v) is 2.08. The molecule has 4 heteroatoms. The molecule has 0 aliphatic heterocycles. The molecule has 19 heavy (non-hydrogen) atoms. The normalized spacial score (nSPS) is 10.6. The molecule has 0 atom stereocenters. The van der Waals surface area contributed by atoms with E-state index < -0.39 is 0 Å². The van der Waals surface area contributed by atoms with Crippen LogP contribution >= 0.6 is 0 Å². The van der Waals surface area contributed by atoms with E-state index in [2.05, 4.69) is 24.1 Å². The van der Waals surface area contributed by atoms with Gasteiger partial charge in [0.05, 0.1) is 0 Å². The topological polar surface area (TPSA) is 45.2 Å². The van der Waals surface area contributed by atoms with E-state index in [0.29, 0.717) is 11.6 Å². The Morgan fingerprint density at radius 1 is 1.37 bits per heavy atom. The van der Waals surface area contributed by atoms with Crippen LogP contribution in [0.1, 0.15) is 44.1 Å². The zero-order valence-electron chi connectivity index (χ0n) is 12.4. The minimum absolute atomic E-state index is 0.0199. The molecule has 1 amide bonds. The van der Waals surface area contributed by atoms with Crippen molar-refractivity contribution in [1.29, 1.82) is 0 Å². The van der Waals surface area contributed by atoms with Crippen LogP contribution < -0.4 is 5.32 Å². The van der Waals surface area contributed by atoms with Crippen LogP contribution in [0.4, 0.5) is 5.69 Å². The number of carbonyl (C=O) groups is 1. The van der Waals surface area contributed by atoms with Gasteiger partial charge in [0.15, 0.2) is 0 Å². The summed E-state index contributed by atoms with van der Waals surface area (Å²) in [5.41, 5.74) is 1.43. The van der Waals surface area contributed by atoms with E-state index >= 15 is 0 Å². The SMILES string of the molecule is CCC(CC)CN(CC)C(=O)c1cc(NC)ccn1. The van der Waals surface area contributed by atoms with Crippen LogP contribution in [0.25, 0.3) is 0 Å². The number of carbonyl (C=O) groups excluding carboxylic acids is 1. The number of hydrogen-bond donors (Lipinski definition) is 1. The quantitative estimate of drug-likeness (QED) is 0.822. The maximum atomic E-state index is 12.4. The summed E-state index contributed by atoms with van der Waals surface area (Å²) in [6.07, 6.45) is 3.87. The summed E-state index contributed by atoms with van der Waals surface area (Å²) < 4.78 is 0. The van der Waals surface area contributed by atoms with Crippen LogP contribution in [0.15, 0.2) is 18.3 Å². The molecule has 106 valence electrons. The first-order valence-corrected chi connectivity index (χ1v) is 7.09. The van der Waals surface area contributed by atoms with Gasteiger partial charge in [-0.2, -0.15) is 0 Å². The lowest BCUT2D eigenvalue weighted by atomic mass is 10.0. The van der Waals surface area contributed by atoms with Crippen molar-refractivity contribution in [3.05, 3.63) is 24.0 Å². The van der Waals surface area contributed by atoms with Crippen molar-refractivity contribution in [3.63, 3.8) is 0 Å². The number of hydrogen-bond acceptors (Lipinski definition) is 3. The number of anilines is 1. The van der Waals surface area contributed by atoms with Gasteiger partial charge in [0.25, 0.3) is 5.91 Å². The van der Waals surface area contributed by atoms with Crippen molar-refractivity contribution < 1.29 is 4.79 Å². The number of rotatable bonds is 7. The molecule has 1 heterocycles. The van der Waals surface area contributed by atoms with Crippen molar-refractivity contribution >= 4 is 11.6 Å². The second-order valence-corrected chi connectivity index (χ2v) is 4.71.